The van der Waals surface area contributed by atoms with Crippen LogP contribution in [0.25, 0.3) is 11.0 Å². The summed E-state index contributed by atoms with van der Waals surface area (Å²) in [5.74, 6) is 1.01. The van der Waals surface area contributed by atoms with E-state index in [-0.39, 0.29) is 5.76 Å². The van der Waals surface area contributed by atoms with E-state index >= 15 is 0 Å². The lowest BCUT2D eigenvalue weighted by Crippen LogP contribution is -1.96. The molecule has 1 heterocycles. The molecule has 1 atom stereocenters. The molecule has 1 aromatic heterocycles. The number of rotatable bonds is 3. The summed E-state index contributed by atoms with van der Waals surface area (Å²) in [6, 6.07) is 16.5. The molecule has 0 aliphatic carbocycles. The van der Waals surface area contributed by atoms with Crippen LogP contribution in [-0.2, 0) is 0 Å². The molecule has 4 nitrogen and oxygen atoms in total. The number of fused-ring (bicyclic) bond motifs is 1. The summed E-state index contributed by atoms with van der Waals surface area (Å²) in [7, 11) is 0. The van der Waals surface area contributed by atoms with Gasteiger partial charge in [-0.05, 0) is 25.1 Å². The molecular weight excluding hydrogens is 266 g/mol. The number of nitrogens with zero attached hydrogens (tertiary/aromatic N) is 1. The van der Waals surface area contributed by atoms with Crippen LogP contribution in [0, 0.1) is 11.3 Å². The average Bonchev–Trinajstić information content (AvgIpc) is 2.86. The van der Waals surface area contributed by atoms with Crippen LogP contribution in [0.3, 0.4) is 0 Å². The molecule has 0 aliphatic rings. The Morgan fingerprint density at radius 3 is 2.62 bits per heavy atom. The third-order valence-corrected chi connectivity index (χ3v) is 3.23. The molecule has 21 heavy (non-hydrogen) atoms. The molecule has 0 amide bonds. The highest BCUT2D eigenvalue weighted by Gasteiger charge is 2.18. The second kappa shape index (κ2) is 5.31. The maximum Gasteiger partial charge on any atom is 0.247 e. The highest BCUT2D eigenvalue weighted by atomic mass is 16.5. The first kappa shape index (κ1) is 13.2. The molecule has 0 unspecified atom stereocenters. The fourth-order valence-electron chi connectivity index (χ4n) is 2.23. The molecule has 0 aliphatic heterocycles. The molecule has 0 radical (unpaired) electrons. The van der Waals surface area contributed by atoms with Gasteiger partial charge in [-0.3, -0.25) is 0 Å². The van der Waals surface area contributed by atoms with E-state index in [1.807, 2.05) is 36.4 Å². The van der Waals surface area contributed by atoms with Crippen LogP contribution in [-0.4, -0.2) is 5.11 Å². The predicted molar refractivity (Wildman–Crippen MR) is 78.1 cm³/mol. The van der Waals surface area contributed by atoms with Crippen LogP contribution in [0.1, 0.15) is 24.4 Å². The lowest BCUT2D eigenvalue weighted by molar-refractivity contribution is 0.195. The van der Waals surface area contributed by atoms with E-state index in [1.54, 1.807) is 25.1 Å². The van der Waals surface area contributed by atoms with Gasteiger partial charge in [0.1, 0.15) is 17.4 Å². The second-order valence-electron chi connectivity index (χ2n) is 4.68. The highest BCUT2D eigenvalue weighted by molar-refractivity contribution is 5.86. The van der Waals surface area contributed by atoms with E-state index in [4.69, 9.17) is 9.15 Å². The summed E-state index contributed by atoms with van der Waals surface area (Å²) in [6.07, 6.45) is -0.662. The van der Waals surface area contributed by atoms with E-state index in [9.17, 15) is 10.4 Å². The minimum atomic E-state index is -0.662. The monoisotopic (exact) mass is 279 g/mol. The van der Waals surface area contributed by atoms with E-state index in [1.165, 1.54) is 0 Å². The predicted octanol–water partition coefficient (Wildman–Crippen LogP) is 4.15. The van der Waals surface area contributed by atoms with Gasteiger partial charge in [0.15, 0.2) is 5.75 Å². The minimum Gasteiger partial charge on any atom is -0.451 e. The number of aliphatic hydroxyl groups excluding tert-OH is 1. The molecule has 3 rings (SSSR count). The standard InChI is InChI=1S/C17H13NO3/c1-11(19)12-6-2-4-8-14(12)21-17-13-7-3-5-9-15(13)20-16(17)10-18/h2-9,11,19H,1H3/t11-/m1/s1. The van der Waals surface area contributed by atoms with Crippen molar-refractivity contribution in [3.05, 3.63) is 59.9 Å². The van der Waals surface area contributed by atoms with Gasteiger partial charge in [-0.15, -0.1) is 0 Å². The molecule has 0 spiro atoms. The summed E-state index contributed by atoms with van der Waals surface area (Å²) in [4.78, 5) is 0. The Morgan fingerprint density at radius 2 is 1.86 bits per heavy atom. The van der Waals surface area contributed by atoms with Crippen molar-refractivity contribution < 1.29 is 14.3 Å². The smallest absolute Gasteiger partial charge is 0.247 e. The third-order valence-electron chi connectivity index (χ3n) is 3.23. The Balaban J connectivity index is 2.13. The van der Waals surface area contributed by atoms with Crippen molar-refractivity contribution >= 4 is 11.0 Å². The largest absolute Gasteiger partial charge is 0.451 e. The maximum atomic E-state index is 9.80. The fraction of sp³-hybridized carbons (Fsp3) is 0.118. The van der Waals surface area contributed by atoms with Crippen molar-refractivity contribution in [3.63, 3.8) is 0 Å². The molecule has 4 heteroatoms. The zero-order valence-corrected chi connectivity index (χ0v) is 11.4. The average molecular weight is 279 g/mol. The van der Waals surface area contributed by atoms with Crippen molar-refractivity contribution in [2.45, 2.75) is 13.0 Å². The van der Waals surface area contributed by atoms with Crippen molar-refractivity contribution in [2.24, 2.45) is 0 Å². The van der Waals surface area contributed by atoms with E-state index < -0.39 is 6.10 Å². The van der Waals surface area contributed by atoms with E-state index in [0.29, 0.717) is 22.6 Å². The quantitative estimate of drug-likeness (QED) is 0.782. The fourth-order valence-corrected chi connectivity index (χ4v) is 2.23. The summed E-state index contributed by atoms with van der Waals surface area (Å²) < 4.78 is 11.3. The van der Waals surface area contributed by atoms with Crippen molar-refractivity contribution in [1.29, 1.82) is 5.26 Å². The van der Waals surface area contributed by atoms with Gasteiger partial charge in [0, 0.05) is 5.56 Å². The van der Waals surface area contributed by atoms with Crippen molar-refractivity contribution in [2.75, 3.05) is 0 Å². The Labute approximate surface area is 121 Å². The van der Waals surface area contributed by atoms with Crippen molar-refractivity contribution in [1.82, 2.24) is 0 Å². The zero-order valence-electron chi connectivity index (χ0n) is 11.4. The molecule has 0 saturated carbocycles. The first-order valence-corrected chi connectivity index (χ1v) is 6.57. The third kappa shape index (κ3) is 2.35. The maximum absolute atomic E-state index is 9.80. The first-order chi connectivity index (χ1) is 10.2. The lowest BCUT2D eigenvalue weighted by atomic mass is 10.1. The molecule has 0 bridgehead atoms. The van der Waals surface area contributed by atoms with Crippen LogP contribution in [0.4, 0.5) is 0 Å². The van der Waals surface area contributed by atoms with Gasteiger partial charge in [0.2, 0.25) is 5.76 Å². The summed E-state index contributed by atoms with van der Waals surface area (Å²) in [5, 5.41) is 19.7. The zero-order chi connectivity index (χ0) is 14.8. The van der Waals surface area contributed by atoms with Gasteiger partial charge in [-0.2, -0.15) is 5.26 Å². The Morgan fingerprint density at radius 1 is 1.14 bits per heavy atom. The molecule has 104 valence electrons. The van der Waals surface area contributed by atoms with Crippen LogP contribution in [0.15, 0.2) is 52.9 Å². The number of nitriles is 1. The van der Waals surface area contributed by atoms with Gasteiger partial charge in [-0.25, -0.2) is 0 Å². The van der Waals surface area contributed by atoms with Crippen molar-refractivity contribution in [3.8, 4) is 17.6 Å². The molecule has 0 saturated heterocycles. The summed E-state index contributed by atoms with van der Waals surface area (Å²) >= 11 is 0. The number of benzene rings is 2. The minimum absolute atomic E-state index is 0.122. The Bertz CT molecular complexity index is 827. The normalized spacial score (nSPS) is 12.0. The number of para-hydroxylation sites is 2. The second-order valence-corrected chi connectivity index (χ2v) is 4.68. The van der Waals surface area contributed by atoms with Gasteiger partial charge in [0.05, 0.1) is 11.5 Å². The van der Waals surface area contributed by atoms with E-state index in [2.05, 4.69) is 0 Å². The Hall–Kier alpha value is -2.77. The van der Waals surface area contributed by atoms with Gasteiger partial charge in [0.25, 0.3) is 0 Å². The number of hydrogen-bond acceptors (Lipinski definition) is 4. The van der Waals surface area contributed by atoms with Gasteiger partial charge < -0.3 is 14.3 Å². The first-order valence-electron chi connectivity index (χ1n) is 6.57. The van der Waals surface area contributed by atoms with Crippen LogP contribution >= 0.6 is 0 Å². The van der Waals surface area contributed by atoms with Crippen LogP contribution in [0.2, 0.25) is 0 Å². The molecule has 0 fully saturated rings. The summed E-state index contributed by atoms with van der Waals surface area (Å²) in [6.45, 7) is 1.67. The number of aliphatic hydroxyl groups is 1. The van der Waals surface area contributed by atoms with Gasteiger partial charge >= 0.3 is 0 Å². The molecule has 2 aromatic carbocycles. The topological polar surface area (TPSA) is 66.4 Å². The molecule has 1 N–H and O–H groups in total. The van der Waals surface area contributed by atoms with Gasteiger partial charge in [-0.1, -0.05) is 30.3 Å². The van der Waals surface area contributed by atoms with Crippen LogP contribution < -0.4 is 4.74 Å². The summed E-state index contributed by atoms with van der Waals surface area (Å²) in [5.41, 5.74) is 1.25. The SMILES string of the molecule is C[C@@H](O)c1ccccc1Oc1c(C#N)oc2ccccc12. The number of ether oxygens (including phenoxy) is 1. The van der Waals surface area contributed by atoms with E-state index in [0.717, 1.165) is 5.39 Å². The number of hydrogen-bond donors (Lipinski definition) is 1. The Kier molecular flexibility index (Phi) is 3.35. The van der Waals surface area contributed by atoms with Crippen LogP contribution in [0.5, 0.6) is 11.5 Å². The molecule has 3 aromatic rings. The lowest BCUT2D eigenvalue weighted by Gasteiger charge is -2.12. The number of furan rings is 1. The highest BCUT2D eigenvalue weighted by Crippen LogP contribution is 2.37. The molecular formula is C17H13NO3.